The van der Waals surface area contributed by atoms with E-state index in [0.717, 1.165) is 10.4 Å². The molecule has 0 saturated heterocycles. The van der Waals surface area contributed by atoms with Crippen LogP contribution >= 0.6 is 34.5 Å². The van der Waals surface area contributed by atoms with Gasteiger partial charge in [-0.1, -0.05) is 29.0 Å². The van der Waals surface area contributed by atoms with Crippen molar-refractivity contribution >= 4 is 34.5 Å². The van der Waals surface area contributed by atoms with Crippen molar-refractivity contribution in [1.29, 1.82) is 0 Å². The van der Waals surface area contributed by atoms with E-state index in [1.807, 2.05) is 25.1 Å². The molecule has 18 heavy (non-hydrogen) atoms. The molecule has 0 bridgehead atoms. The highest BCUT2D eigenvalue weighted by Gasteiger charge is 2.12. The molecule has 0 N–H and O–H groups in total. The summed E-state index contributed by atoms with van der Waals surface area (Å²) in [6, 6.07) is 5.67. The molecule has 0 aliphatic heterocycles. The van der Waals surface area contributed by atoms with Crippen LogP contribution < -0.4 is 9.47 Å². The number of benzene rings is 1. The van der Waals surface area contributed by atoms with Crippen molar-refractivity contribution in [3.8, 4) is 16.7 Å². The van der Waals surface area contributed by atoms with E-state index in [2.05, 4.69) is 4.98 Å². The Bertz CT molecular complexity index is 557. The zero-order chi connectivity index (χ0) is 13.1. The topological polar surface area (TPSA) is 31.4 Å². The Kier molecular flexibility index (Phi) is 4.32. The first-order valence-electron chi connectivity index (χ1n) is 5.17. The summed E-state index contributed by atoms with van der Waals surface area (Å²) in [7, 11) is 1.60. The van der Waals surface area contributed by atoms with Crippen molar-refractivity contribution in [3.05, 3.63) is 33.8 Å². The van der Waals surface area contributed by atoms with Gasteiger partial charge in [0.2, 0.25) is 0 Å². The summed E-state index contributed by atoms with van der Waals surface area (Å²) >= 11 is 13.0. The number of hydrogen-bond acceptors (Lipinski definition) is 4. The van der Waals surface area contributed by atoms with Gasteiger partial charge in [-0.25, -0.2) is 0 Å². The van der Waals surface area contributed by atoms with Crippen LogP contribution in [0.15, 0.2) is 18.2 Å². The minimum Gasteiger partial charge on any atom is -0.493 e. The lowest BCUT2D eigenvalue weighted by Gasteiger charge is -2.08. The summed E-state index contributed by atoms with van der Waals surface area (Å²) in [5.41, 5.74) is 1.10. The smallest absolute Gasteiger partial charge is 0.280 e. The van der Waals surface area contributed by atoms with Crippen LogP contribution in [0.4, 0.5) is 0 Å². The molecular formula is C12H11Cl2NO2S. The van der Waals surface area contributed by atoms with Crippen LogP contribution in [0, 0.1) is 6.92 Å². The van der Waals surface area contributed by atoms with E-state index in [-0.39, 0.29) is 0 Å². The lowest BCUT2D eigenvalue weighted by Crippen LogP contribution is -1.90. The van der Waals surface area contributed by atoms with Crippen molar-refractivity contribution in [3.63, 3.8) is 0 Å². The first kappa shape index (κ1) is 13.5. The first-order chi connectivity index (χ1) is 8.63. The van der Waals surface area contributed by atoms with Gasteiger partial charge >= 0.3 is 0 Å². The number of halogens is 2. The number of hydrogen-bond donors (Lipinski definition) is 0. The number of rotatable bonds is 4. The third kappa shape index (κ3) is 2.88. The Labute approximate surface area is 119 Å². The maximum Gasteiger partial charge on any atom is 0.280 e. The molecule has 0 aliphatic rings. The van der Waals surface area contributed by atoms with E-state index in [1.165, 1.54) is 11.3 Å². The van der Waals surface area contributed by atoms with E-state index >= 15 is 0 Å². The Balaban J connectivity index is 2.27. The van der Waals surface area contributed by atoms with Crippen LogP contribution in [-0.4, -0.2) is 12.1 Å². The van der Waals surface area contributed by atoms with Gasteiger partial charge in [0, 0.05) is 0 Å². The molecule has 1 heterocycles. The SMILES string of the molecule is COc1cc(C)ccc1Oc1nc(Cl)c(CCl)s1. The third-order valence-corrected chi connectivity index (χ3v) is 4.05. The normalized spacial score (nSPS) is 10.4. The summed E-state index contributed by atoms with van der Waals surface area (Å²) in [4.78, 5) is 4.89. The van der Waals surface area contributed by atoms with Crippen LogP contribution in [-0.2, 0) is 5.88 Å². The maximum atomic E-state index is 5.91. The highest BCUT2D eigenvalue weighted by Crippen LogP contribution is 2.36. The van der Waals surface area contributed by atoms with Gasteiger partial charge < -0.3 is 9.47 Å². The standard InChI is InChI=1S/C12H11Cl2NO2S/c1-7-3-4-8(9(5-7)16-2)17-12-15-11(14)10(6-13)18-12/h3-5H,6H2,1-2H3. The highest BCUT2D eigenvalue weighted by atomic mass is 35.5. The second kappa shape index (κ2) is 5.78. The van der Waals surface area contributed by atoms with Crippen LogP contribution in [0.3, 0.4) is 0 Å². The Morgan fingerprint density at radius 1 is 1.33 bits per heavy atom. The number of alkyl halides is 1. The van der Waals surface area contributed by atoms with Gasteiger partial charge in [0.15, 0.2) is 11.5 Å². The van der Waals surface area contributed by atoms with Gasteiger partial charge in [-0.3, -0.25) is 0 Å². The van der Waals surface area contributed by atoms with Crippen LogP contribution in [0.1, 0.15) is 10.4 Å². The van der Waals surface area contributed by atoms with Crippen molar-refractivity contribution in [2.75, 3.05) is 7.11 Å². The minimum atomic E-state index is 0.324. The molecular weight excluding hydrogens is 293 g/mol. The zero-order valence-corrected chi connectivity index (χ0v) is 12.2. The molecule has 2 aromatic rings. The highest BCUT2D eigenvalue weighted by molar-refractivity contribution is 7.14. The third-order valence-electron chi connectivity index (χ3n) is 2.27. The van der Waals surface area contributed by atoms with E-state index in [4.69, 9.17) is 32.7 Å². The molecule has 0 radical (unpaired) electrons. The molecule has 0 unspecified atom stereocenters. The quantitative estimate of drug-likeness (QED) is 0.771. The van der Waals surface area contributed by atoms with Crippen LogP contribution in [0.2, 0.25) is 5.15 Å². The molecule has 3 nitrogen and oxygen atoms in total. The van der Waals surface area contributed by atoms with Gasteiger partial charge in [0.25, 0.3) is 5.19 Å². The molecule has 2 rings (SSSR count). The van der Waals surface area contributed by atoms with Crippen molar-refractivity contribution in [2.24, 2.45) is 0 Å². The summed E-state index contributed by atoms with van der Waals surface area (Å²) in [6.45, 7) is 1.98. The Morgan fingerprint density at radius 3 is 2.72 bits per heavy atom. The molecule has 6 heteroatoms. The first-order valence-corrected chi connectivity index (χ1v) is 6.90. The number of aromatic nitrogens is 1. The predicted octanol–water partition coefficient (Wildman–Crippen LogP) is 4.64. The van der Waals surface area contributed by atoms with Crippen LogP contribution in [0.25, 0.3) is 0 Å². The number of thiazole rings is 1. The van der Waals surface area contributed by atoms with Crippen molar-refractivity contribution in [2.45, 2.75) is 12.8 Å². The largest absolute Gasteiger partial charge is 0.493 e. The molecule has 0 aliphatic carbocycles. The fourth-order valence-corrected chi connectivity index (χ4v) is 2.72. The van der Waals surface area contributed by atoms with Crippen molar-refractivity contribution < 1.29 is 9.47 Å². The second-order valence-electron chi connectivity index (χ2n) is 3.58. The Hall–Kier alpha value is -0.970. The number of methoxy groups -OCH3 is 1. The zero-order valence-electron chi connectivity index (χ0n) is 9.87. The summed E-state index contributed by atoms with van der Waals surface area (Å²) < 4.78 is 10.9. The van der Waals surface area contributed by atoms with E-state index in [1.54, 1.807) is 7.11 Å². The fourth-order valence-electron chi connectivity index (χ4n) is 1.39. The van der Waals surface area contributed by atoms with Gasteiger partial charge in [-0.2, -0.15) is 4.98 Å². The number of aryl methyl sites for hydroxylation is 1. The lowest BCUT2D eigenvalue weighted by atomic mass is 10.2. The number of ether oxygens (including phenoxy) is 2. The van der Waals surface area contributed by atoms with Gasteiger partial charge in [0.1, 0.15) is 5.15 Å². The fraction of sp³-hybridized carbons (Fsp3) is 0.250. The maximum absolute atomic E-state index is 5.91. The molecule has 1 aromatic carbocycles. The summed E-state index contributed by atoms with van der Waals surface area (Å²) in [6.07, 6.45) is 0. The molecule has 1 aromatic heterocycles. The summed E-state index contributed by atoms with van der Waals surface area (Å²) in [5, 5.41) is 0.842. The number of nitrogens with zero attached hydrogens (tertiary/aromatic N) is 1. The molecule has 0 saturated carbocycles. The summed E-state index contributed by atoms with van der Waals surface area (Å²) in [5.74, 6) is 1.59. The van der Waals surface area contributed by atoms with Crippen LogP contribution in [0.5, 0.6) is 16.7 Å². The van der Waals surface area contributed by atoms with E-state index in [0.29, 0.717) is 27.7 Å². The monoisotopic (exact) mass is 303 g/mol. The van der Waals surface area contributed by atoms with Gasteiger partial charge in [-0.15, -0.1) is 11.6 Å². The average Bonchev–Trinajstić information content (AvgIpc) is 2.71. The second-order valence-corrected chi connectivity index (χ2v) is 5.26. The average molecular weight is 304 g/mol. The molecule has 0 spiro atoms. The molecule has 96 valence electrons. The predicted molar refractivity (Wildman–Crippen MR) is 74.5 cm³/mol. The Morgan fingerprint density at radius 2 is 2.11 bits per heavy atom. The van der Waals surface area contributed by atoms with Gasteiger partial charge in [-0.05, 0) is 24.6 Å². The van der Waals surface area contributed by atoms with Gasteiger partial charge in [0.05, 0.1) is 17.9 Å². The molecule has 0 amide bonds. The molecule has 0 fully saturated rings. The van der Waals surface area contributed by atoms with E-state index < -0.39 is 0 Å². The lowest BCUT2D eigenvalue weighted by molar-refractivity contribution is 0.378. The molecule has 0 atom stereocenters. The van der Waals surface area contributed by atoms with Crippen molar-refractivity contribution in [1.82, 2.24) is 4.98 Å². The van der Waals surface area contributed by atoms with E-state index in [9.17, 15) is 0 Å². The minimum absolute atomic E-state index is 0.324.